The van der Waals surface area contributed by atoms with Crippen LogP contribution in [0.3, 0.4) is 0 Å². The van der Waals surface area contributed by atoms with Crippen molar-refractivity contribution in [2.45, 2.75) is 26.7 Å². The van der Waals surface area contributed by atoms with Crippen molar-refractivity contribution < 1.29 is 9.59 Å². The molecule has 1 aromatic rings. The molecule has 0 saturated heterocycles. The molecule has 0 fully saturated rings. The minimum absolute atomic E-state index is 0.282. The van der Waals surface area contributed by atoms with Crippen molar-refractivity contribution in [2.75, 3.05) is 0 Å². The number of hydrogen-bond acceptors (Lipinski definition) is 2. The fraction of sp³-hybridized carbons (Fsp3) is 0.385. The summed E-state index contributed by atoms with van der Waals surface area (Å²) in [5.41, 5.74) is 0.492. The van der Waals surface area contributed by atoms with Crippen LogP contribution < -0.4 is 0 Å². The monoisotopic (exact) mass is 204 g/mol. The lowest BCUT2D eigenvalue weighted by Crippen LogP contribution is -2.14. The summed E-state index contributed by atoms with van der Waals surface area (Å²) >= 11 is 0. The van der Waals surface area contributed by atoms with E-state index in [1.165, 1.54) is 0 Å². The predicted molar refractivity (Wildman–Crippen MR) is 59.9 cm³/mol. The lowest BCUT2D eigenvalue weighted by molar-refractivity contribution is -0.115. The minimum atomic E-state index is -0.365. The molecule has 80 valence electrons. The summed E-state index contributed by atoms with van der Waals surface area (Å²) in [7, 11) is 0. The van der Waals surface area contributed by atoms with Gasteiger partial charge in [0.1, 0.15) is 0 Å². The van der Waals surface area contributed by atoms with Gasteiger partial charge in [0.25, 0.3) is 0 Å². The van der Waals surface area contributed by atoms with Gasteiger partial charge < -0.3 is 0 Å². The highest BCUT2D eigenvalue weighted by atomic mass is 16.2. The SMILES string of the molecule is CC(C)CCC(=O)C(=O)c1ccccc1. The van der Waals surface area contributed by atoms with Crippen LogP contribution in [0.15, 0.2) is 30.3 Å². The second-order valence-electron chi connectivity index (χ2n) is 4.05. The summed E-state index contributed by atoms with van der Waals surface area (Å²) in [6.45, 7) is 4.08. The second-order valence-corrected chi connectivity index (χ2v) is 4.05. The van der Waals surface area contributed by atoms with Crippen molar-refractivity contribution in [3.05, 3.63) is 35.9 Å². The van der Waals surface area contributed by atoms with E-state index in [0.29, 0.717) is 17.9 Å². The average molecular weight is 204 g/mol. The van der Waals surface area contributed by atoms with Crippen LogP contribution in [0.25, 0.3) is 0 Å². The smallest absolute Gasteiger partial charge is 0.228 e. The van der Waals surface area contributed by atoms with Gasteiger partial charge in [-0.3, -0.25) is 9.59 Å². The van der Waals surface area contributed by atoms with Gasteiger partial charge >= 0.3 is 0 Å². The summed E-state index contributed by atoms with van der Waals surface area (Å²) in [6.07, 6.45) is 1.13. The number of hydrogen-bond donors (Lipinski definition) is 0. The molecule has 0 aromatic heterocycles. The molecule has 0 saturated carbocycles. The molecule has 0 aliphatic carbocycles. The Morgan fingerprint density at radius 3 is 2.27 bits per heavy atom. The van der Waals surface area contributed by atoms with E-state index in [9.17, 15) is 9.59 Å². The highest BCUT2D eigenvalue weighted by Crippen LogP contribution is 2.08. The van der Waals surface area contributed by atoms with Gasteiger partial charge in [-0.25, -0.2) is 0 Å². The Kier molecular flexibility index (Phi) is 4.22. The Bertz CT molecular complexity index is 339. The molecule has 1 aromatic carbocycles. The van der Waals surface area contributed by atoms with Crippen LogP contribution in [-0.2, 0) is 4.79 Å². The first-order chi connectivity index (χ1) is 7.11. The van der Waals surface area contributed by atoms with Gasteiger partial charge in [-0.1, -0.05) is 44.2 Å². The first-order valence-electron chi connectivity index (χ1n) is 5.24. The molecular weight excluding hydrogens is 188 g/mol. The molecule has 0 amide bonds. The van der Waals surface area contributed by atoms with Crippen LogP contribution in [0.1, 0.15) is 37.0 Å². The molecule has 0 atom stereocenters. The fourth-order valence-corrected chi connectivity index (χ4v) is 1.28. The van der Waals surface area contributed by atoms with Crippen LogP contribution in [0.4, 0.5) is 0 Å². The van der Waals surface area contributed by atoms with Gasteiger partial charge in [-0.05, 0) is 12.3 Å². The normalized spacial score (nSPS) is 10.3. The molecule has 0 spiro atoms. The number of benzene rings is 1. The van der Waals surface area contributed by atoms with Crippen molar-refractivity contribution in [1.82, 2.24) is 0 Å². The van der Waals surface area contributed by atoms with E-state index in [1.54, 1.807) is 24.3 Å². The van der Waals surface area contributed by atoms with E-state index in [0.717, 1.165) is 6.42 Å². The number of ketones is 2. The largest absolute Gasteiger partial charge is 0.290 e. The number of Topliss-reactive ketones (excluding diaryl/α,β-unsaturated/α-hetero) is 2. The third-order valence-corrected chi connectivity index (χ3v) is 2.24. The van der Waals surface area contributed by atoms with E-state index in [-0.39, 0.29) is 11.6 Å². The molecule has 0 N–H and O–H groups in total. The predicted octanol–water partition coefficient (Wildman–Crippen LogP) is 2.87. The van der Waals surface area contributed by atoms with Gasteiger partial charge in [0.15, 0.2) is 0 Å². The topological polar surface area (TPSA) is 34.1 Å². The minimum Gasteiger partial charge on any atom is -0.290 e. The molecule has 15 heavy (non-hydrogen) atoms. The maximum atomic E-state index is 11.6. The molecule has 0 unspecified atom stereocenters. The molecule has 0 aliphatic heterocycles. The van der Waals surface area contributed by atoms with Crippen molar-refractivity contribution >= 4 is 11.6 Å². The number of carbonyl (C=O) groups excluding carboxylic acids is 2. The van der Waals surface area contributed by atoms with Crippen molar-refractivity contribution in [1.29, 1.82) is 0 Å². The van der Waals surface area contributed by atoms with Gasteiger partial charge in [0.2, 0.25) is 11.6 Å². The van der Waals surface area contributed by atoms with Crippen molar-refractivity contribution in [3.63, 3.8) is 0 Å². The van der Waals surface area contributed by atoms with E-state index in [1.807, 2.05) is 19.9 Å². The summed E-state index contributed by atoms with van der Waals surface area (Å²) in [4.78, 5) is 23.1. The third kappa shape index (κ3) is 3.66. The lowest BCUT2D eigenvalue weighted by atomic mass is 10.0. The van der Waals surface area contributed by atoms with Gasteiger partial charge in [0.05, 0.1) is 0 Å². The van der Waals surface area contributed by atoms with Crippen LogP contribution in [-0.4, -0.2) is 11.6 Å². The molecule has 0 radical (unpaired) electrons. The third-order valence-electron chi connectivity index (χ3n) is 2.24. The quantitative estimate of drug-likeness (QED) is 0.546. The Morgan fingerprint density at radius 2 is 1.73 bits per heavy atom. The first-order valence-corrected chi connectivity index (χ1v) is 5.24. The van der Waals surface area contributed by atoms with Crippen LogP contribution in [0.5, 0.6) is 0 Å². The lowest BCUT2D eigenvalue weighted by Gasteiger charge is -2.03. The summed E-state index contributed by atoms with van der Waals surface area (Å²) < 4.78 is 0. The zero-order chi connectivity index (χ0) is 11.3. The summed E-state index contributed by atoms with van der Waals surface area (Å²) in [5, 5.41) is 0. The fourth-order valence-electron chi connectivity index (χ4n) is 1.28. The maximum absolute atomic E-state index is 11.6. The Hall–Kier alpha value is -1.44. The Balaban J connectivity index is 2.58. The van der Waals surface area contributed by atoms with E-state index < -0.39 is 0 Å². The van der Waals surface area contributed by atoms with Gasteiger partial charge in [0, 0.05) is 12.0 Å². The molecular formula is C13H16O2. The van der Waals surface area contributed by atoms with E-state index >= 15 is 0 Å². The summed E-state index contributed by atoms with van der Waals surface area (Å²) in [6, 6.07) is 8.71. The molecule has 2 heteroatoms. The first kappa shape index (κ1) is 11.6. The summed E-state index contributed by atoms with van der Waals surface area (Å²) in [5.74, 6) is -0.191. The highest BCUT2D eigenvalue weighted by Gasteiger charge is 2.15. The van der Waals surface area contributed by atoms with Gasteiger partial charge in [-0.2, -0.15) is 0 Å². The number of rotatable bonds is 5. The Morgan fingerprint density at radius 1 is 1.13 bits per heavy atom. The van der Waals surface area contributed by atoms with Gasteiger partial charge in [-0.15, -0.1) is 0 Å². The highest BCUT2D eigenvalue weighted by molar-refractivity contribution is 6.43. The zero-order valence-corrected chi connectivity index (χ0v) is 9.19. The molecule has 0 aliphatic rings. The average Bonchev–Trinajstić information content (AvgIpc) is 2.26. The molecule has 2 nitrogen and oxygen atoms in total. The standard InChI is InChI=1S/C13H16O2/c1-10(2)8-9-12(14)13(15)11-6-4-3-5-7-11/h3-7,10H,8-9H2,1-2H3. The zero-order valence-electron chi connectivity index (χ0n) is 9.19. The van der Waals surface area contributed by atoms with E-state index in [2.05, 4.69) is 0 Å². The van der Waals surface area contributed by atoms with Crippen LogP contribution >= 0.6 is 0 Å². The molecule has 1 rings (SSSR count). The van der Waals surface area contributed by atoms with Crippen LogP contribution in [0, 0.1) is 5.92 Å². The number of carbonyl (C=O) groups is 2. The maximum Gasteiger partial charge on any atom is 0.228 e. The van der Waals surface area contributed by atoms with Crippen molar-refractivity contribution in [2.24, 2.45) is 5.92 Å². The van der Waals surface area contributed by atoms with E-state index in [4.69, 9.17) is 0 Å². The van der Waals surface area contributed by atoms with Crippen LogP contribution in [0.2, 0.25) is 0 Å². The molecule has 0 heterocycles. The molecule has 0 bridgehead atoms. The second kappa shape index (κ2) is 5.44. The van der Waals surface area contributed by atoms with Crippen molar-refractivity contribution in [3.8, 4) is 0 Å². The Labute approximate surface area is 90.3 Å².